The van der Waals surface area contributed by atoms with E-state index in [0.29, 0.717) is 13.0 Å². The SMILES string of the molecule is Cc1cccc(OCCc2ncc(CC#N)s2)c1C. The van der Waals surface area contributed by atoms with E-state index >= 15 is 0 Å². The first kappa shape index (κ1) is 13.6. The first-order valence-corrected chi connectivity index (χ1v) is 7.02. The number of hydrogen-bond acceptors (Lipinski definition) is 4. The quantitative estimate of drug-likeness (QED) is 0.837. The minimum Gasteiger partial charge on any atom is -0.493 e. The van der Waals surface area contributed by atoms with Gasteiger partial charge in [0.1, 0.15) is 5.75 Å². The Labute approximate surface area is 117 Å². The molecule has 0 unspecified atom stereocenters. The molecule has 0 saturated heterocycles. The predicted molar refractivity (Wildman–Crippen MR) is 76.5 cm³/mol. The molecule has 0 fully saturated rings. The monoisotopic (exact) mass is 272 g/mol. The van der Waals surface area contributed by atoms with Gasteiger partial charge in [-0.05, 0) is 31.0 Å². The molecule has 98 valence electrons. The van der Waals surface area contributed by atoms with Gasteiger partial charge in [0.15, 0.2) is 0 Å². The van der Waals surface area contributed by atoms with E-state index < -0.39 is 0 Å². The highest BCUT2D eigenvalue weighted by molar-refractivity contribution is 7.11. The Morgan fingerprint density at radius 1 is 1.37 bits per heavy atom. The predicted octanol–water partition coefficient (Wildman–Crippen LogP) is 3.45. The highest BCUT2D eigenvalue weighted by Crippen LogP contribution is 2.21. The number of aromatic nitrogens is 1. The van der Waals surface area contributed by atoms with Crippen LogP contribution in [0.5, 0.6) is 5.75 Å². The van der Waals surface area contributed by atoms with Crippen LogP contribution < -0.4 is 4.74 Å². The number of nitrogens with zero attached hydrogens (tertiary/aromatic N) is 2. The second-order valence-corrected chi connectivity index (χ2v) is 5.55. The minimum absolute atomic E-state index is 0.440. The van der Waals surface area contributed by atoms with Crippen molar-refractivity contribution < 1.29 is 4.74 Å². The van der Waals surface area contributed by atoms with E-state index in [4.69, 9.17) is 10.00 Å². The van der Waals surface area contributed by atoms with Crippen LogP contribution in [0.15, 0.2) is 24.4 Å². The summed E-state index contributed by atoms with van der Waals surface area (Å²) in [5, 5.41) is 9.64. The second-order valence-electron chi connectivity index (χ2n) is 4.35. The zero-order valence-corrected chi connectivity index (χ0v) is 12.0. The van der Waals surface area contributed by atoms with E-state index in [1.54, 1.807) is 17.5 Å². The lowest BCUT2D eigenvalue weighted by atomic mass is 10.1. The third kappa shape index (κ3) is 3.55. The van der Waals surface area contributed by atoms with E-state index in [-0.39, 0.29) is 0 Å². The van der Waals surface area contributed by atoms with Crippen LogP contribution >= 0.6 is 11.3 Å². The first-order chi connectivity index (χ1) is 9.20. The molecule has 0 aliphatic rings. The van der Waals surface area contributed by atoms with Gasteiger partial charge in [0.05, 0.1) is 24.1 Å². The maximum absolute atomic E-state index is 8.61. The van der Waals surface area contributed by atoms with Crippen molar-refractivity contribution in [2.45, 2.75) is 26.7 Å². The van der Waals surface area contributed by atoms with Crippen molar-refractivity contribution in [2.75, 3.05) is 6.61 Å². The maximum atomic E-state index is 8.61. The van der Waals surface area contributed by atoms with Crippen molar-refractivity contribution in [3.8, 4) is 11.8 Å². The fraction of sp³-hybridized carbons (Fsp3) is 0.333. The zero-order valence-electron chi connectivity index (χ0n) is 11.1. The third-order valence-electron chi connectivity index (χ3n) is 2.98. The molecule has 0 atom stereocenters. The molecule has 2 aromatic rings. The number of ether oxygens (including phenoxy) is 1. The lowest BCUT2D eigenvalue weighted by molar-refractivity contribution is 0.319. The van der Waals surface area contributed by atoms with Gasteiger partial charge in [0, 0.05) is 17.5 Å². The summed E-state index contributed by atoms with van der Waals surface area (Å²) in [6.07, 6.45) is 3.00. The highest BCUT2D eigenvalue weighted by atomic mass is 32.1. The molecule has 2 rings (SSSR count). The molecule has 3 nitrogen and oxygen atoms in total. The van der Waals surface area contributed by atoms with Gasteiger partial charge in [0.25, 0.3) is 0 Å². The van der Waals surface area contributed by atoms with Crippen molar-refractivity contribution >= 4 is 11.3 Å². The molecule has 0 saturated carbocycles. The largest absolute Gasteiger partial charge is 0.493 e. The lowest BCUT2D eigenvalue weighted by Crippen LogP contribution is -2.02. The van der Waals surface area contributed by atoms with Gasteiger partial charge < -0.3 is 4.74 Å². The Kier molecular flexibility index (Phi) is 4.53. The Bertz CT molecular complexity index is 598. The van der Waals surface area contributed by atoms with E-state index in [1.807, 2.05) is 12.1 Å². The molecular weight excluding hydrogens is 256 g/mol. The summed E-state index contributed by atoms with van der Waals surface area (Å²) in [6, 6.07) is 8.21. The van der Waals surface area contributed by atoms with Crippen LogP contribution in [0.1, 0.15) is 21.0 Å². The Hall–Kier alpha value is -1.86. The van der Waals surface area contributed by atoms with E-state index in [0.717, 1.165) is 22.1 Å². The molecule has 1 aromatic heterocycles. The average molecular weight is 272 g/mol. The lowest BCUT2D eigenvalue weighted by Gasteiger charge is -2.09. The van der Waals surface area contributed by atoms with Gasteiger partial charge in [-0.25, -0.2) is 4.98 Å². The van der Waals surface area contributed by atoms with Crippen LogP contribution in [0.3, 0.4) is 0 Å². The van der Waals surface area contributed by atoms with Gasteiger partial charge >= 0.3 is 0 Å². The number of aryl methyl sites for hydroxylation is 1. The van der Waals surface area contributed by atoms with Crippen LogP contribution in [-0.4, -0.2) is 11.6 Å². The molecule has 0 spiro atoms. The van der Waals surface area contributed by atoms with Crippen molar-refractivity contribution in [1.29, 1.82) is 5.26 Å². The van der Waals surface area contributed by atoms with Crippen LogP contribution in [0.2, 0.25) is 0 Å². The summed E-state index contributed by atoms with van der Waals surface area (Å²) in [5.74, 6) is 0.939. The average Bonchev–Trinajstić information content (AvgIpc) is 2.83. The maximum Gasteiger partial charge on any atom is 0.122 e. The van der Waals surface area contributed by atoms with Gasteiger partial charge in [-0.2, -0.15) is 5.26 Å². The van der Waals surface area contributed by atoms with Crippen molar-refractivity contribution in [2.24, 2.45) is 0 Å². The molecule has 19 heavy (non-hydrogen) atoms. The summed E-state index contributed by atoms with van der Waals surface area (Å²) in [6.45, 7) is 4.76. The number of benzene rings is 1. The van der Waals surface area contributed by atoms with E-state index in [2.05, 4.69) is 31.0 Å². The summed E-state index contributed by atoms with van der Waals surface area (Å²) in [5.41, 5.74) is 2.43. The highest BCUT2D eigenvalue weighted by Gasteiger charge is 2.04. The fourth-order valence-corrected chi connectivity index (χ4v) is 2.59. The van der Waals surface area contributed by atoms with E-state index in [9.17, 15) is 0 Å². The first-order valence-electron chi connectivity index (χ1n) is 6.20. The molecule has 1 aromatic carbocycles. The summed E-state index contributed by atoms with van der Waals surface area (Å²) >= 11 is 1.59. The van der Waals surface area contributed by atoms with E-state index in [1.165, 1.54) is 11.1 Å². The van der Waals surface area contributed by atoms with Crippen LogP contribution in [-0.2, 0) is 12.8 Å². The van der Waals surface area contributed by atoms with Crippen molar-refractivity contribution in [3.05, 3.63) is 45.4 Å². The number of hydrogen-bond donors (Lipinski definition) is 0. The Morgan fingerprint density at radius 2 is 2.21 bits per heavy atom. The second kappa shape index (κ2) is 6.35. The molecule has 4 heteroatoms. The van der Waals surface area contributed by atoms with Gasteiger partial charge in [0.2, 0.25) is 0 Å². The minimum atomic E-state index is 0.440. The van der Waals surface area contributed by atoms with Gasteiger partial charge in [-0.1, -0.05) is 12.1 Å². The molecule has 0 aliphatic heterocycles. The summed E-state index contributed by atoms with van der Waals surface area (Å²) in [7, 11) is 0. The molecule has 1 heterocycles. The van der Waals surface area contributed by atoms with Gasteiger partial charge in [-0.15, -0.1) is 11.3 Å². The van der Waals surface area contributed by atoms with Crippen molar-refractivity contribution in [1.82, 2.24) is 4.98 Å². The van der Waals surface area contributed by atoms with Gasteiger partial charge in [-0.3, -0.25) is 0 Å². The smallest absolute Gasteiger partial charge is 0.122 e. The number of nitriles is 1. The Balaban J connectivity index is 1.89. The summed E-state index contributed by atoms with van der Waals surface area (Å²) in [4.78, 5) is 5.31. The standard InChI is InChI=1S/C15H16N2OS/c1-11-4-3-5-14(12(11)2)18-9-7-15-17-10-13(19-15)6-8-16/h3-5,10H,6-7,9H2,1-2H3. The van der Waals surface area contributed by atoms with Crippen LogP contribution in [0.4, 0.5) is 0 Å². The van der Waals surface area contributed by atoms with Crippen molar-refractivity contribution in [3.63, 3.8) is 0 Å². The normalized spacial score (nSPS) is 10.2. The molecule has 0 radical (unpaired) electrons. The molecule has 0 aliphatic carbocycles. The van der Waals surface area contributed by atoms with Crippen LogP contribution in [0, 0.1) is 25.2 Å². The molecule has 0 amide bonds. The fourth-order valence-electron chi connectivity index (χ4n) is 1.75. The number of thiazole rings is 1. The molecule has 0 N–H and O–H groups in total. The molecule has 0 bridgehead atoms. The third-order valence-corrected chi connectivity index (χ3v) is 4.04. The molecular formula is C15H16N2OS. The topological polar surface area (TPSA) is 45.9 Å². The summed E-state index contributed by atoms with van der Waals surface area (Å²) < 4.78 is 5.79. The zero-order chi connectivity index (χ0) is 13.7. The number of rotatable bonds is 5. The van der Waals surface area contributed by atoms with Crippen LogP contribution in [0.25, 0.3) is 0 Å². The Morgan fingerprint density at radius 3 is 3.00 bits per heavy atom.